The van der Waals surface area contributed by atoms with Gasteiger partial charge >= 0.3 is 5.97 Å². The average Bonchev–Trinajstić information content (AvgIpc) is 2.89. The first-order valence-electron chi connectivity index (χ1n) is 11.3. The Morgan fingerprint density at radius 3 is 2.32 bits per heavy atom. The third-order valence-electron chi connectivity index (χ3n) is 5.02. The van der Waals surface area contributed by atoms with E-state index in [1.807, 2.05) is 0 Å². The molecule has 8 nitrogen and oxygen atoms in total. The molecule has 0 saturated heterocycles. The molecule has 2 N–H and O–H groups in total. The molecule has 0 bridgehead atoms. The minimum atomic E-state index is -0.596. The zero-order valence-corrected chi connectivity index (χ0v) is 21.3. The molecule has 37 heavy (non-hydrogen) atoms. The number of methoxy groups -OCH3 is 1. The summed E-state index contributed by atoms with van der Waals surface area (Å²) < 4.78 is 10.5. The number of amides is 2. The summed E-state index contributed by atoms with van der Waals surface area (Å²) in [4.78, 5) is 36.6. The van der Waals surface area contributed by atoms with Crippen LogP contribution in [-0.4, -0.2) is 31.1 Å². The van der Waals surface area contributed by atoms with Crippen molar-refractivity contribution in [3.63, 3.8) is 0 Å². The van der Waals surface area contributed by atoms with Crippen LogP contribution in [0.4, 0.5) is 5.69 Å². The third-order valence-corrected chi connectivity index (χ3v) is 5.25. The molecule has 0 aromatic heterocycles. The largest absolute Gasteiger partial charge is 0.497 e. The van der Waals surface area contributed by atoms with Gasteiger partial charge < -0.3 is 14.8 Å². The number of rotatable bonds is 9. The number of carbonyl (C=O) groups excluding carboxylic acids is 3. The molecule has 0 spiro atoms. The number of hydrazone groups is 1. The van der Waals surface area contributed by atoms with Crippen LogP contribution in [-0.2, 0) is 9.59 Å². The first kappa shape index (κ1) is 27.2. The summed E-state index contributed by atoms with van der Waals surface area (Å²) in [7, 11) is 1.58. The van der Waals surface area contributed by atoms with Crippen molar-refractivity contribution in [2.75, 3.05) is 12.4 Å². The van der Waals surface area contributed by atoms with Crippen molar-refractivity contribution >= 4 is 47.4 Å². The number of carbonyl (C=O) groups is 3. The van der Waals surface area contributed by atoms with E-state index in [0.29, 0.717) is 27.6 Å². The van der Waals surface area contributed by atoms with Crippen LogP contribution in [0.5, 0.6) is 11.5 Å². The average molecular weight is 520 g/mol. The number of hydrogen-bond acceptors (Lipinski definition) is 6. The Labute approximate surface area is 219 Å². The molecule has 0 heterocycles. The second-order valence-electron chi connectivity index (χ2n) is 8.13. The summed E-state index contributed by atoms with van der Waals surface area (Å²) in [5, 5.41) is 7.12. The standard InChI is InChI=1S/C28H26ClN3O5/c1-18(2)27(34)31-23-10-7-20(8-11-23)28(35)32-30-17-21-16-22(29)9-14-25(21)37-26(33)15-6-19-4-12-24(36-3)13-5-19/h4-18H,1-3H3,(H,31,34)(H,32,35)/b15-6+,30-17+. The molecule has 0 aliphatic rings. The highest BCUT2D eigenvalue weighted by Gasteiger charge is 2.10. The number of ether oxygens (including phenoxy) is 2. The van der Waals surface area contributed by atoms with Crippen molar-refractivity contribution in [3.05, 3.63) is 94.5 Å². The quantitative estimate of drug-likeness (QED) is 0.131. The number of hydrogen-bond donors (Lipinski definition) is 2. The summed E-state index contributed by atoms with van der Waals surface area (Å²) in [6.45, 7) is 3.58. The predicted molar refractivity (Wildman–Crippen MR) is 144 cm³/mol. The molecular weight excluding hydrogens is 494 g/mol. The number of anilines is 1. The Bertz CT molecular complexity index is 1320. The maximum absolute atomic E-state index is 12.4. The van der Waals surface area contributed by atoms with Crippen LogP contribution in [0.2, 0.25) is 5.02 Å². The Hall–Kier alpha value is -4.43. The summed E-state index contributed by atoms with van der Waals surface area (Å²) in [6.07, 6.45) is 4.24. The molecule has 0 unspecified atom stereocenters. The van der Waals surface area contributed by atoms with Gasteiger partial charge in [-0.2, -0.15) is 5.10 Å². The number of nitrogens with zero attached hydrogens (tertiary/aromatic N) is 1. The molecule has 3 aromatic rings. The smallest absolute Gasteiger partial charge is 0.336 e. The lowest BCUT2D eigenvalue weighted by Gasteiger charge is -2.08. The van der Waals surface area contributed by atoms with E-state index in [0.717, 1.165) is 5.56 Å². The van der Waals surface area contributed by atoms with Crippen LogP contribution in [0.15, 0.2) is 77.9 Å². The molecule has 3 rings (SSSR count). The zero-order valence-electron chi connectivity index (χ0n) is 20.5. The van der Waals surface area contributed by atoms with Crippen LogP contribution in [0.1, 0.15) is 35.3 Å². The fraction of sp³-hybridized carbons (Fsp3) is 0.143. The lowest BCUT2D eigenvalue weighted by Crippen LogP contribution is -2.19. The Balaban J connectivity index is 1.62. The molecule has 190 valence electrons. The number of esters is 1. The fourth-order valence-corrected chi connectivity index (χ4v) is 3.13. The van der Waals surface area contributed by atoms with Crippen LogP contribution in [0, 0.1) is 5.92 Å². The van der Waals surface area contributed by atoms with Gasteiger partial charge in [0.25, 0.3) is 5.91 Å². The van der Waals surface area contributed by atoms with Crippen LogP contribution >= 0.6 is 11.6 Å². The lowest BCUT2D eigenvalue weighted by atomic mass is 10.1. The van der Waals surface area contributed by atoms with E-state index < -0.39 is 11.9 Å². The minimum Gasteiger partial charge on any atom is -0.497 e. The minimum absolute atomic E-state index is 0.115. The van der Waals surface area contributed by atoms with Gasteiger partial charge in [0, 0.05) is 33.8 Å². The predicted octanol–water partition coefficient (Wildman–Crippen LogP) is 5.33. The van der Waals surface area contributed by atoms with Gasteiger partial charge in [-0.1, -0.05) is 37.6 Å². The highest BCUT2D eigenvalue weighted by Crippen LogP contribution is 2.22. The number of halogens is 1. The van der Waals surface area contributed by atoms with E-state index in [1.54, 1.807) is 87.7 Å². The second kappa shape index (κ2) is 13.0. The molecule has 0 saturated carbocycles. The maximum atomic E-state index is 12.4. The van der Waals surface area contributed by atoms with Crippen LogP contribution in [0.3, 0.4) is 0 Å². The van der Waals surface area contributed by atoms with Gasteiger partial charge in [0.1, 0.15) is 11.5 Å². The van der Waals surface area contributed by atoms with Gasteiger partial charge in [0.2, 0.25) is 5.91 Å². The van der Waals surface area contributed by atoms with Crippen molar-refractivity contribution in [3.8, 4) is 11.5 Å². The van der Waals surface area contributed by atoms with Crippen LogP contribution in [0.25, 0.3) is 6.08 Å². The van der Waals surface area contributed by atoms with Gasteiger partial charge in [-0.3, -0.25) is 9.59 Å². The first-order chi connectivity index (χ1) is 17.7. The summed E-state index contributed by atoms with van der Waals surface area (Å²) in [5.74, 6) is -0.392. The highest BCUT2D eigenvalue weighted by molar-refractivity contribution is 6.31. The fourth-order valence-electron chi connectivity index (χ4n) is 2.95. The Morgan fingerprint density at radius 1 is 0.973 bits per heavy atom. The molecule has 0 radical (unpaired) electrons. The number of benzene rings is 3. The SMILES string of the molecule is COc1ccc(/C=C/C(=O)Oc2ccc(Cl)cc2/C=N/NC(=O)c2ccc(NC(=O)C(C)C)cc2)cc1. The molecule has 0 fully saturated rings. The van der Waals surface area contributed by atoms with E-state index in [4.69, 9.17) is 21.1 Å². The molecule has 2 amide bonds. The van der Waals surface area contributed by atoms with Gasteiger partial charge in [0.15, 0.2) is 0 Å². The van der Waals surface area contributed by atoms with E-state index in [1.165, 1.54) is 18.4 Å². The Kier molecular flexibility index (Phi) is 9.57. The van der Waals surface area contributed by atoms with Gasteiger partial charge in [-0.25, -0.2) is 10.2 Å². The summed E-state index contributed by atoms with van der Waals surface area (Å²) in [5.41, 5.74) is 4.55. The molecular formula is C28H26ClN3O5. The molecule has 0 atom stereocenters. The number of nitrogens with one attached hydrogen (secondary N) is 2. The third kappa shape index (κ3) is 8.33. The van der Waals surface area contributed by atoms with Gasteiger partial charge in [0.05, 0.1) is 13.3 Å². The van der Waals surface area contributed by atoms with Crippen molar-refractivity contribution < 1.29 is 23.9 Å². The molecule has 3 aromatic carbocycles. The Morgan fingerprint density at radius 2 is 1.68 bits per heavy atom. The summed E-state index contributed by atoms with van der Waals surface area (Å²) >= 11 is 6.08. The van der Waals surface area contributed by atoms with E-state index in [-0.39, 0.29) is 17.6 Å². The lowest BCUT2D eigenvalue weighted by molar-refractivity contribution is -0.129. The van der Waals surface area contributed by atoms with E-state index >= 15 is 0 Å². The van der Waals surface area contributed by atoms with Crippen molar-refractivity contribution in [1.82, 2.24) is 5.43 Å². The van der Waals surface area contributed by atoms with Gasteiger partial charge in [-0.05, 0) is 66.2 Å². The van der Waals surface area contributed by atoms with Crippen molar-refractivity contribution in [2.45, 2.75) is 13.8 Å². The normalized spacial score (nSPS) is 11.1. The zero-order chi connectivity index (χ0) is 26.8. The molecule has 9 heteroatoms. The molecule has 0 aliphatic heterocycles. The second-order valence-corrected chi connectivity index (χ2v) is 8.57. The van der Waals surface area contributed by atoms with E-state index in [2.05, 4.69) is 15.8 Å². The molecule has 0 aliphatic carbocycles. The van der Waals surface area contributed by atoms with Gasteiger partial charge in [-0.15, -0.1) is 0 Å². The van der Waals surface area contributed by atoms with E-state index in [9.17, 15) is 14.4 Å². The van der Waals surface area contributed by atoms with Crippen molar-refractivity contribution in [2.24, 2.45) is 11.0 Å². The first-order valence-corrected chi connectivity index (χ1v) is 11.7. The maximum Gasteiger partial charge on any atom is 0.336 e. The summed E-state index contributed by atoms with van der Waals surface area (Å²) in [6, 6.07) is 18.3. The van der Waals surface area contributed by atoms with Crippen molar-refractivity contribution in [1.29, 1.82) is 0 Å². The topological polar surface area (TPSA) is 106 Å². The monoisotopic (exact) mass is 519 g/mol. The highest BCUT2D eigenvalue weighted by atomic mass is 35.5. The van der Waals surface area contributed by atoms with Crippen LogP contribution < -0.4 is 20.2 Å².